The lowest BCUT2D eigenvalue weighted by molar-refractivity contribution is -0.123. The summed E-state index contributed by atoms with van der Waals surface area (Å²) in [5.41, 5.74) is 2.41. The third-order valence-electron chi connectivity index (χ3n) is 5.23. The molecule has 1 aromatic heterocycles. The summed E-state index contributed by atoms with van der Waals surface area (Å²) < 4.78 is 5.74. The van der Waals surface area contributed by atoms with Gasteiger partial charge in [0.25, 0.3) is 11.8 Å². The average Bonchev–Trinajstić information content (AvgIpc) is 3.36. The van der Waals surface area contributed by atoms with E-state index >= 15 is 0 Å². The number of likely N-dealkylation sites (N-methyl/N-ethyl adjacent to an activating group) is 1. The summed E-state index contributed by atoms with van der Waals surface area (Å²) in [5, 5.41) is 17.1. The van der Waals surface area contributed by atoms with Crippen molar-refractivity contribution in [3.8, 4) is 17.4 Å². The Balaban J connectivity index is 1.68. The summed E-state index contributed by atoms with van der Waals surface area (Å²) in [5.74, 6) is -0.537. The Bertz CT molecular complexity index is 1240. The van der Waals surface area contributed by atoms with Gasteiger partial charge < -0.3 is 20.4 Å². The third-order valence-corrected chi connectivity index (χ3v) is 5.23. The van der Waals surface area contributed by atoms with E-state index in [0.29, 0.717) is 16.9 Å². The first kappa shape index (κ1) is 24.3. The molecule has 3 rings (SSSR count). The van der Waals surface area contributed by atoms with Crippen molar-refractivity contribution in [2.45, 2.75) is 26.4 Å². The molecular weight excluding hydrogens is 432 g/mol. The maximum atomic E-state index is 12.6. The highest BCUT2D eigenvalue weighted by Crippen LogP contribution is 2.23. The number of rotatable bonds is 8. The van der Waals surface area contributed by atoms with Gasteiger partial charge in [0.05, 0.1) is 11.6 Å². The topological polar surface area (TPSA) is 124 Å². The lowest BCUT2D eigenvalue weighted by Gasteiger charge is -2.19. The van der Waals surface area contributed by atoms with E-state index < -0.39 is 11.9 Å². The first-order chi connectivity index (χ1) is 16.3. The molecule has 2 aromatic carbocycles. The Morgan fingerprint density at radius 2 is 1.76 bits per heavy atom. The predicted molar refractivity (Wildman–Crippen MR) is 127 cm³/mol. The van der Waals surface area contributed by atoms with Gasteiger partial charge in [-0.3, -0.25) is 14.4 Å². The molecule has 1 atom stereocenters. The Morgan fingerprint density at radius 1 is 1.00 bits per heavy atom. The number of furan rings is 1. The summed E-state index contributed by atoms with van der Waals surface area (Å²) in [6, 6.07) is 18.5. The zero-order valence-electron chi connectivity index (χ0n) is 19.2. The predicted octanol–water partition coefficient (Wildman–Crippen LogP) is 3.25. The molecule has 1 heterocycles. The van der Waals surface area contributed by atoms with E-state index in [1.807, 2.05) is 44.2 Å². The van der Waals surface area contributed by atoms with Crippen LogP contribution in [0.2, 0.25) is 0 Å². The largest absolute Gasteiger partial charge is 0.451 e. The van der Waals surface area contributed by atoms with Crippen LogP contribution in [-0.2, 0) is 11.3 Å². The zero-order chi connectivity index (χ0) is 24.7. The maximum Gasteiger partial charge on any atom is 0.287 e. The standard InChI is InChI=1S/C26H26N4O4/c1-16(2)23(26(33)28-3)30-25(32)22-11-10-21(34-22)19-8-5-7-18(13-19)15-29-24(31)20-9-4-6-17(12-20)14-27/h4-13,16,23H,15H2,1-3H3,(H,28,33)(H,29,31)(H,30,32). The number of hydrogen-bond donors (Lipinski definition) is 3. The van der Waals surface area contributed by atoms with Crippen LogP contribution in [0.5, 0.6) is 0 Å². The monoisotopic (exact) mass is 458 g/mol. The summed E-state index contributed by atoms with van der Waals surface area (Å²) in [6.07, 6.45) is 0. The number of nitrogens with zero attached hydrogens (tertiary/aromatic N) is 1. The molecule has 34 heavy (non-hydrogen) atoms. The molecule has 0 spiro atoms. The summed E-state index contributed by atoms with van der Waals surface area (Å²) >= 11 is 0. The molecule has 3 N–H and O–H groups in total. The quantitative estimate of drug-likeness (QED) is 0.478. The van der Waals surface area contributed by atoms with Gasteiger partial charge in [0.1, 0.15) is 11.8 Å². The molecular formula is C26H26N4O4. The third kappa shape index (κ3) is 5.90. The van der Waals surface area contributed by atoms with Crippen LogP contribution in [0, 0.1) is 17.2 Å². The fourth-order valence-electron chi connectivity index (χ4n) is 3.37. The van der Waals surface area contributed by atoms with Gasteiger partial charge in [-0.2, -0.15) is 5.26 Å². The van der Waals surface area contributed by atoms with E-state index in [1.54, 1.807) is 30.3 Å². The van der Waals surface area contributed by atoms with Gasteiger partial charge in [0.2, 0.25) is 5.91 Å². The lowest BCUT2D eigenvalue weighted by atomic mass is 10.0. The Morgan fingerprint density at radius 3 is 2.47 bits per heavy atom. The molecule has 0 fully saturated rings. The molecule has 1 unspecified atom stereocenters. The van der Waals surface area contributed by atoms with Gasteiger partial charge in [0.15, 0.2) is 5.76 Å². The van der Waals surface area contributed by atoms with Crippen molar-refractivity contribution in [1.29, 1.82) is 5.26 Å². The molecule has 0 bridgehead atoms. The highest BCUT2D eigenvalue weighted by atomic mass is 16.4. The van der Waals surface area contributed by atoms with Crippen LogP contribution in [0.4, 0.5) is 0 Å². The highest BCUT2D eigenvalue weighted by Gasteiger charge is 2.25. The molecule has 0 saturated heterocycles. The molecule has 0 aliphatic rings. The van der Waals surface area contributed by atoms with Crippen LogP contribution in [0.3, 0.4) is 0 Å². The van der Waals surface area contributed by atoms with Crippen LogP contribution in [0.25, 0.3) is 11.3 Å². The molecule has 3 aromatic rings. The smallest absolute Gasteiger partial charge is 0.287 e. The van der Waals surface area contributed by atoms with Crippen LogP contribution in [0.15, 0.2) is 65.1 Å². The highest BCUT2D eigenvalue weighted by molar-refractivity contribution is 5.96. The van der Waals surface area contributed by atoms with Crippen LogP contribution in [-0.4, -0.2) is 30.8 Å². The first-order valence-electron chi connectivity index (χ1n) is 10.8. The first-order valence-corrected chi connectivity index (χ1v) is 10.8. The molecule has 3 amide bonds. The Hall–Kier alpha value is -4.38. The zero-order valence-corrected chi connectivity index (χ0v) is 19.2. The molecule has 8 heteroatoms. The number of amides is 3. The number of carbonyl (C=O) groups is 3. The second kappa shape index (κ2) is 11.0. The van der Waals surface area contributed by atoms with Crippen LogP contribution < -0.4 is 16.0 Å². The Kier molecular flexibility index (Phi) is 7.83. The summed E-state index contributed by atoms with van der Waals surface area (Å²) in [6.45, 7) is 3.97. The normalized spacial score (nSPS) is 11.4. The SMILES string of the molecule is CNC(=O)C(NC(=O)c1ccc(-c2cccc(CNC(=O)c3cccc(C#N)c3)c2)o1)C(C)C. The van der Waals surface area contributed by atoms with Gasteiger partial charge in [-0.1, -0.05) is 38.1 Å². The van der Waals surface area contributed by atoms with Gasteiger partial charge in [-0.05, 0) is 47.9 Å². The molecule has 174 valence electrons. The van der Waals surface area contributed by atoms with Crippen molar-refractivity contribution < 1.29 is 18.8 Å². The number of nitrogens with one attached hydrogen (secondary N) is 3. The van der Waals surface area contributed by atoms with Gasteiger partial charge >= 0.3 is 0 Å². The van der Waals surface area contributed by atoms with Crippen LogP contribution >= 0.6 is 0 Å². The minimum Gasteiger partial charge on any atom is -0.451 e. The fraction of sp³-hybridized carbons (Fsp3) is 0.231. The van der Waals surface area contributed by atoms with Crippen molar-refractivity contribution in [2.75, 3.05) is 7.05 Å². The minimum absolute atomic E-state index is 0.0902. The van der Waals surface area contributed by atoms with Crippen molar-refractivity contribution in [3.05, 3.63) is 83.1 Å². The number of benzene rings is 2. The number of nitriles is 1. The average molecular weight is 459 g/mol. The molecule has 0 radical (unpaired) electrons. The molecule has 0 aliphatic carbocycles. The lowest BCUT2D eigenvalue weighted by Crippen LogP contribution is -2.48. The van der Waals surface area contributed by atoms with E-state index in [2.05, 4.69) is 16.0 Å². The number of carbonyl (C=O) groups excluding carboxylic acids is 3. The molecule has 0 saturated carbocycles. The molecule has 8 nitrogen and oxygen atoms in total. The second-order valence-electron chi connectivity index (χ2n) is 8.05. The maximum absolute atomic E-state index is 12.6. The number of hydrogen-bond acceptors (Lipinski definition) is 5. The van der Waals surface area contributed by atoms with E-state index in [9.17, 15) is 14.4 Å². The summed E-state index contributed by atoms with van der Waals surface area (Å²) in [4.78, 5) is 37.0. The van der Waals surface area contributed by atoms with E-state index in [0.717, 1.165) is 11.1 Å². The van der Waals surface area contributed by atoms with Crippen molar-refractivity contribution >= 4 is 17.7 Å². The van der Waals surface area contributed by atoms with Crippen LogP contribution in [0.1, 0.15) is 45.9 Å². The summed E-state index contributed by atoms with van der Waals surface area (Å²) in [7, 11) is 1.52. The van der Waals surface area contributed by atoms with Gasteiger partial charge in [0, 0.05) is 24.7 Å². The van der Waals surface area contributed by atoms with Crippen molar-refractivity contribution in [3.63, 3.8) is 0 Å². The van der Waals surface area contributed by atoms with Crippen molar-refractivity contribution in [1.82, 2.24) is 16.0 Å². The van der Waals surface area contributed by atoms with E-state index in [-0.39, 0.29) is 30.0 Å². The van der Waals surface area contributed by atoms with Gasteiger partial charge in [-0.25, -0.2) is 0 Å². The Labute approximate surface area is 198 Å². The van der Waals surface area contributed by atoms with E-state index in [1.165, 1.54) is 13.1 Å². The van der Waals surface area contributed by atoms with E-state index in [4.69, 9.17) is 9.68 Å². The second-order valence-corrected chi connectivity index (χ2v) is 8.05. The van der Waals surface area contributed by atoms with Crippen molar-refractivity contribution in [2.24, 2.45) is 5.92 Å². The van der Waals surface area contributed by atoms with Gasteiger partial charge in [-0.15, -0.1) is 0 Å². The minimum atomic E-state index is -0.674. The molecule has 0 aliphatic heterocycles. The fourth-order valence-corrected chi connectivity index (χ4v) is 3.37.